The first-order chi connectivity index (χ1) is 7.97. The summed E-state index contributed by atoms with van der Waals surface area (Å²) >= 11 is 5.47. The number of hydrogen-bond donors (Lipinski definition) is 0. The summed E-state index contributed by atoms with van der Waals surface area (Å²) in [7, 11) is -2.79. The lowest BCUT2D eigenvalue weighted by molar-refractivity contribution is 0.334. The molecule has 1 rings (SSSR count). The Hall–Kier alpha value is 0.780. The Morgan fingerprint density at radius 2 is 1.76 bits per heavy atom. The first-order valence-electron chi connectivity index (χ1n) is 6.29. The van der Waals surface area contributed by atoms with E-state index in [1.807, 2.05) is 11.8 Å². The van der Waals surface area contributed by atoms with Gasteiger partial charge in [0.25, 0.3) is 0 Å². The largest absolute Gasteiger partial charge is 0.229 e. The molecule has 0 aromatic carbocycles. The van der Waals surface area contributed by atoms with E-state index >= 15 is 0 Å². The Bertz CT molecular complexity index is 306. The smallest absolute Gasteiger partial charge is 0.148 e. The maximum absolute atomic E-state index is 11.1. The maximum atomic E-state index is 11.1. The molecule has 102 valence electrons. The van der Waals surface area contributed by atoms with Gasteiger partial charge in [0.1, 0.15) is 9.84 Å². The number of thioether (sulfide) groups is 1. The van der Waals surface area contributed by atoms with E-state index in [4.69, 9.17) is 0 Å². The fourth-order valence-corrected chi connectivity index (χ4v) is 5.97. The SMILES string of the molecule is CS(=O)(=O)CCSCC1(CBr)CCCCCC1. The van der Waals surface area contributed by atoms with Crippen LogP contribution in [0.1, 0.15) is 38.5 Å². The van der Waals surface area contributed by atoms with Crippen molar-refractivity contribution in [3.8, 4) is 0 Å². The lowest BCUT2D eigenvalue weighted by atomic mass is 9.85. The van der Waals surface area contributed by atoms with Crippen molar-refractivity contribution >= 4 is 37.5 Å². The molecule has 0 aromatic heterocycles. The molecule has 0 radical (unpaired) electrons. The van der Waals surface area contributed by atoms with E-state index in [0.717, 1.165) is 16.8 Å². The highest BCUT2D eigenvalue weighted by molar-refractivity contribution is 9.09. The fraction of sp³-hybridized carbons (Fsp3) is 1.00. The molecule has 0 aromatic rings. The molecule has 1 fully saturated rings. The van der Waals surface area contributed by atoms with Gasteiger partial charge in [-0.2, -0.15) is 11.8 Å². The summed E-state index contributed by atoms with van der Waals surface area (Å²) < 4.78 is 22.1. The van der Waals surface area contributed by atoms with Crippen LogP contribution in [0.15, 0.2) is 0 Å². The molecule has 2 nitrogen and oxygen atoms in total. The molecular formula is C12H23BrO2S2. The second kappa shape index (κ2) is 7.39. The van der Waals surface area contributed by atoms with Crippen molar-refractivity contribution in [2.24, 2.45) is 5.41 Å². The van der Waals surface area contributed by atoms with Crippen molar-refractivity contribution in [1.29, 1.82) is 0 Å². The standard InChI is InChI=1S/C12H23BrO2S2/c1-17(14,15)9-8-16-11-12(10-13)6-4-2-3-5-7-12/h2-11H2,1H3. The second-order valence-electron chi connectivity index (χ2n) is 5.23. The van der Waals surface area contributed by atoms with Crippen LogP contribution in [0.25, 0.3) is 0 Å². The van der Waals surface area contributed by atoms with Gasteiger partial charge in [0.15, 0.2) is 0 Å². The molecule has 0 aliphatic heterocycles. The van der Waals surface area contributed by atoms with Crippen LogP contribution in [0.5, 0.6) is 0 Å². The monoisotopic (exact) mass is 342 g/mol. The minimum absolute atomic E-state index is 0.316. The number of alkyl halides is 1. The molecule has 17 heavy (non-hydrogen) atoms. The van der Waals surface area contributed by atoms with Crippen molar-refractivity contribution < 1.29 is 8.42 Å². The maximum Gasteiger partial charge on any atom is 0.148 e. The molecule has 0 amide bonds. The summed E-state index contributed by atoms with van der Waals surface area (Å²) in [6.45, 7) is 0. The Morgan fingerprint density at radius 1 is 1.18 bits per heavy atom. The summed E-state index contributed by atoms with van der Waals surface area (Å²) in [4.78, 5) is 0. The molecule has 0 heterocycles. The van der Waals surface area contributed by atoms with Crippen LogP contribution in [0.4, 0.5) is 0 Å². The van der Waals surface area contributed by atoms with Crippen LogP contribution < -0.4 is 0 Å². The Morgan fingerprint density at radius 3 is 2.24 bits per heavy atom. The van der Waals surface area contributed by atoms with Gasteiger partial charge in [0.2, 0.25) is 0 Å². The third-order valence-electron chi connectivity index (χ3n) is 3.45. The lowest BCUT2D eigenvalue weighted by Crippen LogP contribution is -2.25. The third kappa shape index (κ3) is 6.48. The average molecular weight is 343 g/mol. The molecule has 0 saturated heterocycles. The molecule has 0 bridgehead atoms. The topological polar surface area (TPSA) is 34.1 Å². The first-order valence-corrected chi connectivity index (χ1v) is 10.6. The van der Waals surface area contributed by atoms with Crippen LogP contribution in [0, 0.1) is 5.41 Å². The molecule has 1 aliphatic carbocycles. The van der Waals surface area contributed by atoms with Crippen molar-refractivity contribution in [3.05, 3.63) is 0 Å². The van der Waals surface area contributed by atoms with Crippen LogP contribution in [-0.2, 0) is 9.84 Å². The number of sulfone groups is 1. The van der Waals surface area contributed by atoms with Gasteiger partial charge in [-0.05, 0) is 24.0 Å². The minimum Gasteiger partial charge on any atom is -0.229 e. The van der Waals surface area contributed by atoms with Gasteiger partial charge >= 0.3 is 0 Å². The van der Waals surface area contributed by atoms with Gasteiger partial charge in [-0.25, -0.2) is 8.42 Å². The summed E-state index contributed by atoms with van der Waals surface area (Å²) in [6.07, 6.45) is 9.30. The van der Waals surface area contributed by atoms with E-state index in [2.05, 4.69) is 15.9 Å². The highest BCUT2D eigenvalue weighted by Crippen LogP contribution is 2.39. The van der Waals surface area contributed by atoms with E-state index in [1.165, 1.54) is 44.8 Å². The quantitative estimate of drug-likeness (QED) is 0.421. The number of hydrogen-bond acceptors (Lipinski definition) is 3. The van der Waals surface area contributed by atoms with E-state index in [1.54, 1.807) is 0 Å². The van der Waals surface area contributed by atoms with Gasteiger partial charge in [0.05, 0.1) is 5.75 Å². The normalized spacial score (nSPS) is 21.1. The summed E-state index contributed by atoms with van der Waals surface area (Å²) in [6, 6.07) is 0. The molecular weight excluding hydrogens is 320 g/mol. The van der Waals surface area contributed by atoms with E-state index in [0.29, 0.717) is 11.2 Å². The van der Waals surface area contributed by atoms with Crippen LogP contribution in [0.2, 0.25) is 0 Å². The minimum atomic E-state index is -2.79. The first kappa shape index (κ1) is 15.8. The zero-order chi connectivity index (χ0) is 12.8. The molecule has 1 aliphatic rings. The Labute approximate surface area is 118 Å². The molecule has 0 N–H and O–H groups in total. The van der Waals surface area contributed by atoms with Crippen molar-refractivity contribution in [2.75, 3.05) is 28.8 Å². The van der Waals surface area contributed by atoms with Crippen LogP contribution in [0.3, 0.4) is 0 Å². The van der Waals surface area contributed by atoms with Crippen molar-refractivity contribution in [3.63, 3.8) is 0 Å². The zero-order valence-electron chi connectivity index (χ0n) is 10.6. The van der Waals surface area contributed by atoms with Crippen molar-refractivity contribution in [1.82, 2.24) is 0 Å². The predicted octanol–water partition coefficient (Wildman–Crippen LogP) is 3.50. The molecule has 0 atom stereocenters. The van der Waals surface area contributed by atoms with Gasteiger partial charge in [-0.15, -0.1) is 0 Å². The Balaban J connectivity index is 2.35. The summed E-state index contributed by atoms with van der Waals surface area (Å²) in [5.41, 5.74) is 0.415. The third-order valence-corrected chi connectivity index (χ3v) is 7.16. The van der Waals surface area contributed by atoms with E-state index in [9.17, 15) is 8.42 Å². The molecule has 0 unspecified atom stereocenters. The van der Waals surface area contributed by atoms with E-state index in [-0.39, 0.29) is 0 Å². The molecule has 5 heteroatoms. The average Bonchev–Trinajstić information content (AvgIpc) is 2.49. The van der Waals surface area contributed by atoms with Gasteiger partial charge in [-0.3, -0.25) is 0 Å². The lowest BCUT2D eigenvalue weighted by Gasteiger charge is -2.30. The van der Waals surface area contributed by atoms with E-state index < -0.39 is 9.84 Å². The molecule has 1 saturated carbocycles. The van der Waals surface area contributed by atoms with Gasteiger partial charge in [-0.1, -0.05) is 41.6 Å². The summed E-state index contributed by atoms with van der Waals surface area (Å²) in [5.74, 6) is 2.16. The van der Waals surface area contributed by atoms with Gasteiger partial charge in [0, 0.05) is 17.3 Å². The van der Waals surface area contributed by atoms with Crippen molar-refractivity contribution in [2.45, 2.75) is 38.5 Å². The number of rotatable bonds is 6. The van der Waals surface area contributed by atoms with Gasteiger partial charge < -0.3 is 0 Å². The predicted molar refractivity (Wildman–Crippen MR) is 81.0 cm³/mol. The Kier molecular flexibility index (Phi) is 6.88. The summed E-state index contributed by atoms with van der Waals surface area (Å²) in [5, 5.41) is 1.06. The second-order valence-corrected chi connectivity index (χ2v) is 9.16. The fourth-order valence-electron chi connectivity index (χ4n) is 2.29. The van der Waals surface area contributed by atoms with Crippen LogP contribution >= 0.6 is 27.7 Å². The zero-order valence-corrected chi connectivity index (χ0v) is 13.8. The van der Waals surface area contributed by atoms with Crippen LogP contribution in [-0.4, -0.2) is 37.3 Å². The highest BCUT2D eigenvalue weighted by Gasteiger charge is 2.29. The highest BCUT2D eigenvalue weighted by atomic mass is 79.9. The number of halogens is 1. The molecule has 0 spiro atoms.